The lowest BCUT2D eigenvalue weighted by atomic mass is 9.73. The molecule has 5 nitrogen and oxygen atoms in total. The van der Waals surface area contributed by atoms with E-state index >= 15 is 0 Å². The summed E-state index contributed by atoms with van der Waals surface area (Å²) in [5.74, 6) is 1.54. The van der Waals surface area contributed by atoms with E-state index in [0.717, 1.165) is 39.4 Å². The number of hydrogen-bond acceptors (Lipinski definition) is 5. The van der Waals surface area contributed by atoms with Crippen LogP contribution in [0, 0.1) is 12.3 Å². The third kappa shape index (κ3) is 3.97. The molecule has 1 atom stereocenters. The van der Waals surface area contributed by atoms with E-state index in [0.29, 0.717) is 23.3 Å². The summed E-state index contributed by atoms with van der Waals surface area (Å²) in [5.41, 5.74) is 4.96. The van der Waals surface area contributed by atoms with Crippen LogP contribution in [0.15, 0.2) is 65.0 Å². The third-order valence-electron chi connectivity index (χ3n) is 5.98. The van der Waals surface area contributed by atoms with Gasteiger partial charge in [0.15, 0.2) is 5.78 Å². The minimum atomic E-state index is -0.271. The third-order valence-corrected chi connectivity index (χ3v) is 7.24. The van der Waals surface area contributed by atoms with Crippen molar-refractivity contribution in [1.82, 2.24) is 14.8 Å². The predicted octanol–water partition coefficient (Wildman–Crippen LogP) is 6.19. The monoisotopic (exact) mass is 464 g/mol. The van der Waals surface area contributed by atoms with E-state index < -0.39 is 0 Å². The summed E-state index contributed by atoms with van der Waals surface area (Å²) >= 11 is 7.86. The van der Waals surface area contributed by atoms with Crippen LogP contribution in [0.1, 0.15) is 49.4 Å². The Labute approximate surface area is 197 Å². The predicted molar refractivity (Wildman–Crippen MR) is 129 cm³/mol. The first kappa shape index (κ1) is 21.3. The van der Waals surface area contributed by atoms with Gasteiger partial charge in [-0.15, -0.1) is 5.10 Å². The van der Waals surface area contributed by atoms with Crippen LogP contribution in [0.5, 0.6) is 0 Å². The standard InChI is InChI=1S/C25H25ClN4OS/c1-15-7-6-9-16(11-15)22-21-19(12-25(2,3)13-20(21)31)27-23-28-24(29-30(22)23)32-14-17-8-4-5-10-18(17)26/h4-11,22H,12-14H2,1-3H3,(H,27,28,29). The maximum Gasteiger partial charge on any atom is 0.227 e. The number of ketones is 1. The number of nitrogens with one attached hydrogen (secondary N) is 1. The van der Waals surface area contributed by atoms with E-state index in [4.69, 9.17) is 21.7 Å². The van der Waals surface area contributed by atoms with Crippen LogP contribution >= 0.6 is 23.4 Å². The summed E-state index contributed by atoms with van der Waals surface area (Å²) in [6.45, 7) is 6.35. The molecule has 164 valence electrons. The molecule has 7 heteroatoms. The maximum absolute atomic E-state index is 13.3. The van der Waals surface area contributed by atoms with E-state index in [2.05, 4.69) is 44.3 Å². The second kappa shape index (κ2) is 8.09. The van der Waals surface area contributed by atoms with Crippen LogP contribution in [-0.4, -0.2) is 20.5 Å². The van der Waals surface area contributed by atoms with Gasteiger partial charge in [-0.05, 0) is 36.0 Å². The molecular weight excluding hydrogens is 440 g/mol. The van der Waals surface area contributed by atoms with Crippen LogP contribution in [0.25, 0.3) is 0 Å². The number of benzene rings is 2. The van der Waals surface area contributed by atoms with Crippen molar-refractivity contribution in [3.63, 3.8) is 0 Å². The number of fused-ring (bicyclic) bond motifs is 1. The van der Waals surface area contributed by atoms with Gasteiger partial charge in [0.1, 0.15) is 6.04 Å². The Morgan fingerprint density at radius 3 is 2.78 bits per heavy atom. The smallest absolute Gasteiger partial charge is 0.227 e. The molecule has 5 rings (SSSR count). The normalized spacial score (nSPS) is 19.4. The molecule has 0 saturated carbocycles. The summed E-state index contributed by atoms with van der Waals surface area (Å²) in [5, 5.41) is 9.66. The van der Waals surface area contributed by atoms with Crippen molar-refractivity contribution in [1.29, 1.82) is 0 Å². The second-order valence-electron chi connectivity index (χ2n) is 9.32. The number of aryl methyl sites for hydroxylation is 1. The lowest BCUT2D eigenvalue weighted by Gasteiger charge is -2.38. The molecule has 2 heterocycles. The number of carbonyl (C=O) groups is 1. The first-order chi connectivity index (χ1) is 15.3. The molecule has 3 aromatic rings. The minimum Gasteiger partial charge on any atom is -0.328 e. The lowest BCUT2D eigenvalue weighted by Crippen LogP contribution is -2.36. The fraction of sp³-hybridized carbons (Fsp3) is 0.320. The van der Waals surface area contributed by atoms with Gasteiger partial charge in [-0.1, -0.05) is 85.2 Å². The fourth-order valence-electron chi connectivity index (χ4n) is 4.56. The molecule has 1 unspecified atom stereocenters. The van der Waals surface area contributed by atoms with Crippen molar-refractivity contribution in [3.05, 3.63) is 81.5 Å². The summed E-state index contributed by atoms with van der Waals surface area (Å²) < 4.78 is 1.87. The number of carbonyl (C=O) groups excluding carboxylic acids is 1. The van der Waals surface area contributed by atoms with Gasteiger partial charge in [-0.2, -0.15) is 4.98 Å². The highest BCUT2D eigenvalue weighted by Gasteiger charge is 2.41. The number of anilines is 1. The van der Waals surface area contributed by atoms with Crippen molar-refractivity contribution >= 4 is 35.1 Å². The molecule has 2 aliphatic rings. The van der Waals surface area contributed by atoms with Crippen molar-refractivity contribution in [2.45, 2.75) is 50.6 Å². The highest BCUT2D eigenvalue weighted by Crippen LogP contribution is 2.45. The zero-order valence-electron chi connectivity index (χ0n) is 18.4. The second-order valence-corrected chi connectivity index (χ2v) is 10.7. The highest BCUT2D eigenvalue weighted by atomic mass is 35.5. The van der Waals surface area contributed by atoms with E-state index in [1.54, 1.807) is 11.8 Å². The lowest BCUT2D eigenvalue weighted by molar-refractivity contribution is -0.118. The average molecular weight is 465 g/mol. The average Bonchev–Trinajstić information content (AvgIpc) is 3.13. The Balaban J connectivity index is 1.54. The van der Waals surface area contributed by atoms with E-state index in [-0.39, 0.29) is 17.2 Å². The maximum atomic E-state index is 13.3. The molecule has 1 N–H and O–H groups in total. The van der Waals surface area contributed by atoms with Crippen LogP contribution < -0.4 is 5.32 Å². The molecule has 0 spiro atoms. The summed E-state index contributed by atoms with van der Waals surface area (Å²) in [6.07, 6.45) is 1.35. The molecule has 1 aromatic heterocycles. The number of Topliss-reactive ketones (excluding diaryl/α,β-unsaturated/α-hetero) is 1. The van der Waals surface area contributed by atoms with Gasteiger partial charge < -0.3 is 5.32 Å². The topological polar surface area (TPSA) is 59.8 Å². The molecule has 0 amide bonds. The molecular formula is C25H25ClN4OS. The molecule has 2 aromatic carbocycles. The van der Waals surface area contributed by atoms with E-state index in [9.17, 15) is 4.79 Å². The quantitative estimate of drug-likeness (QED) is 0.466. The van der Waals surface area contributed by atoms with Gasteiger partial charge >= 0.3 is 0 Å². The van der Waals surface area contributed by atoms with E-state index in [1.807, 2.05) is 35.0 Å². The SMILES string of the molecule is Cc1cccc(C2C3=C(CC(C)(C)CC3=O)Nc3nc(SCc4ccccc4Cl)nn32)c1. The van der Waals surface area contributed by atoms with Crippen molar-refractivity contribution in [2.75, 3.05) is 5.32 Å². The Bertz CT molecular complexity index is 1250. The van der Waals surface area contributed by atoms with E-state index in [1.165, 1.54) is 0 Å². The minimum absolute atomic E-state index is 0.0795. The molecule has 1 aliphatic carbocycles. The number of thioether (sulfide) groups is 1. The molecule has 0 bridgehead atoms. The first-order valence-electron chi connectivity index (χ1n) is 10.7. The number of allylic oxidation sites excluding steroid dienone is 2. The van der Waals surface area contributed by atoms with Gasteiger partial charge in [-0.25, -0.2) is 4.68 Å². The van der Waals surface area contributed by atoms with Crippen molar-refractivity contribution in [2.24, 2.45) is 5.41 Å². The largest absolute Gasteiger partial charge is 0.328 e. The molecule has 0 fully saturated rings. The molecule has 32 heavy (non-hydrogen) atoms. The van der Waals surface area contributed by atoms with Gasteiger partial charge in [0.2, 0.25) is 11.1 Å². The zero-order valence-corrected chi connectivity index (χ0v) is 19.9. The fourth-order valence-corrected chi connectivity index (χ4v) is 5.67. The Kier molecular flexibility index (Phi) is 5.38. The Morgan fingerprint density at radius 1 is 1.19 bits per heavy atom. The van der Waals surface area contributed by atoms with Crippen LogP contribution in [0.2, 0.25) is 5.02 Å². The highest BCUT2D eigenvalue weighted by molar-refractivity contribution is 7.98. The number of rotatable bonds is 4. The number of halogens is 1. The van der Waals surface area contributed by atoms with Gasteiger partial charge in [0.05, 0.1) is 0 Å². The molecule has 0 saturated heterocycles. The van der Waals surface area contributed by atoms with Crippen LogP contribution in [-0.2, 0) is 10.5 Å². The Morgan fingerprint density at radius 2 is 2.00 bits per heavy atom. The first-order valence-corrected chi connectivity index (χ1v) is 12.1. The van der Waals surface area contributed by atoms with Crippen molar-refractivity contribution < 1.29 is 4.79 Å². The summed E-state index contributed by atoms with van der Waals surface area (Å²) in [7, 11) is 0. The Hall–Kier alpha value is -2.57. The van der Waals surface area contributed by atoms with Gasteiger partial charge in [-0.3, -0.25) is 4.79 Å². The molecule has 0 radical (unpaired) electrons. The number of nitrogens with zero attached hydrogens (tertiary/aromatic N) is 3. The van der Waals surface area contributed by atoms with Crippen molar-refractivity contribution in [3.8, 4) is 0 Å². The van der Waals surface area contributed by atoms with Gasteiger partial charge in [0, 0.05) is 28.5 Å². The van der Waals surface area contributed by atoms with Crippen LogP contribution in [0.3, 0.4) is 0 Å². The number of aromatic nitrogens is 3. The van der Waals surface area contributed by atoms with Crippen LogP contribution in [0.4, 0.5) is 5.95 Å². The molecule has 1 aliphatic heterocycles. The summed E-state index contributed by atoms with van der Waals surface area (Å²) in [4.78, 5) is 18.1. The zero-order chi connectivity index (χ0) is 22.5. The van der Waals surface area contributed by atoms with Gasteiger partial charge in [0.25, 0.3) is 0 Å². The summed E-state index contributed by atoms with van der Waals surface area (Å²) in [6, 6.07) is 15.9. The number of hydrogen-bond donors (Lipinski definition) is 1.